The van der Waals surface area contributed by atoms with Crippen molar-refractivity contribution in [2.24, 2.45) is 0 Å². The maximum absolute atomic E-state index is 12.2. The van der Waals surface area contributed by atoms with Crippen LogP contribution in [0.15, 0.2) is 42.5 Å². The molecule has 1 aliphatic rings. The summed E-state index contributed by atoms with van der Waals surface area (Å²) in [7, 11) is 0. The quantitative estimate of drug-likeness (QED) is 0.709. The van der Waals surface area contributed by atoms with Gasteiger partial charge in [0.15, 0.2) is 0 Å². The molecule has 0 radical (unpaired) electrons. The van der Waals surface area contributed by atoms with Crippen molar-refractivity contribution in [2.45, 2.75) is 32.6 Å². The second kappa shape index (κ2) is 8.49. The predicted octanol–water partition coefficient (Wildman–Crippen LogP) is 2.06. The van der Waals surface area contributed by atoms with E-state index in [2.05, 4.69) is 16.2 Å². The molecule has 0 saturated heterocycles. The molecule has 3 amide bonds. The van der Waals surface area contributed by atoms with Gasteiger partial charge in [0.1, 0.15) is 0 Å². The summed E-state index contributed by atoms with van der Waals surface area (Å²) in [6.45, 7) is 2.10. The highest BCUT2D eigenvalue weighted by molar-refractivity contribution is 5.96. The van der Waals surface area contributed by atoms with Crippen molar-refractivity contribution in [3.8, 4) is 0 Å². The molecule has 1 aliphatic carbocycles. The number of fused-ring (bicyclic) bond motifs is 1. The van der Waals surface area contributed by atoms with E-state index >= 15 is 0 Å². The van der Waals surface area contributed by atoms with Crippen molar-refractivity contribution >= 4 is 17.7 Å². The third-order valence-corrected chi connectivity index (χ3v) is 4.59. The summed E-state index contributed by atoms with van der Waals surface area (Å²) in [4.78, 5) is 36.0. The first-order chi connectivity index (χ1) is 13.0. The van der Waals surface area contributed by atoms with Gasteiger partial charge in [-0.25, -0.2) is 0 Å². The van der Waals surface area contributed by atoms with Crippen LogP contribution in [0.5, 0.6) is 0 Å². The van der Waals surface area contributed by atoms with E-state index in [0.29, 0.717) is 11.1 Å². The lowest BCUT2D eigenvalue weighted by molar-refractivity contribution is -0.121. The van der Waals surface area contributed by atoms with E-state index in [-0.39, 0.29) is 30.7 Å². The van der Waals surface area contributed by atoms with Crippen LogP contribution in [0, 0.1) is 6.92 Å². The first-order valence-electron chi connectivity index (χ1n) is 9.09. The van der Waals surface area contributed by atoms with E-state index in [1.807, 2.05) is 31.2 Å². The lowest BCUT2D eigenvalue weighted by atomic mass is 10.1. The number of benzene rings is 2. The van der Waals surface area contributed by atoms with Gasteiger partial charge in [-0.15, -0.1) is 0 Å². The molecule has 6 heteroatoms. The highest BCUT2D eigenvalue weighted by Crippen LogP contribution is 2.22. The Bertz CT molecular complexity index is 877. The zero-order valence-electron chi connectivity index (χ0n) is 15.3. The summed E-state index contributed by atoms with van der Waals surface area (Å²) in [5.74, 6) is -0.940. The maximum atomic E-state index is 12.2. The van der Waals surface area contributed by atoms with Crippen LogP contribution in [-0.4, -0.2) is 24.3 Å². The van der Waals surface area contributed by atoms with Gasteiger partial charge < -0.3 is 5.32 Å². The molecule has 3 N–H and O–H groups in total. The summed E-state index contributed by atoms with van der Waals surface area (Å²) < 4.78 is 0. The second-order valence-corrected chi connectivity index (χ2v) is 6.71. The van der Waals surface area contributed by atoms with Crippen molar-refractivity contribution < 1.29 is 14.4 Å². The molecule has 0 unspecified atom stereocenters. The van der Waals surface area contributed by atoms with E-state index in [9.17, 15) is 14.4 Å². The minimum absolute atomic E-state index is 0.0715. The van der Waals surface area contributed by atoms with Crippen LogP contribution in [0.1, 0.15) is 50.2 Å². The molecule has 3 rings (SSSR count). The van der Waals surface area contributed by atoms with Crippen molar-refractivity contribution in [3.05, 3.63) is 70.3 Å². The predicted molar refractivity (Wildman–Crippen MR) is 102 cm³/mol. The Labute approximate surface area is 158 Å². The molecule has 0 heterocycles. The fourth-order valence-corrected chi connectivity index (χ4v) is 3.15. The summed E-state index contributed by atoms with van der Waals surface area (Å²) in [5.41, 5.74) is 9.37. The minimum atomic E-state index is -0.367. The van der Waals surface area contributed by atoms with Crippen molar-refractivity contribution in [1.82, 2.24) is 16.2 Å². The maximum Gasteiger partial charge on any atom is 0.269 e. The number of carbonyl (C=O) groups is 3. The molecule has 0 bridgehead atoms. The van der Waals surface area contributed by atoms with E-state index in [1.165, 1.54) is 11.1 Å². The minimum Gasteiger partial charge on any atom is -0.352 e. The molecule has 27 heavy (non-hydrogen) atoms. The van der Waals surface area contributed by atoms with Crippen molar-refractivity contribution in [3.63, 3.8) is 0 Å². The summed E-state index contributed by atoms with van der Waals surface area (Å²) in [6.07, 6.45) is 3.24. The Morgan fingerprint density at radius 2 is 1.67 bits per heavy atom. The van der Waals surface area contributed by atoms with Crippen LogP contribution < -0.4 is 16.2 Å². The molecule has 2 aromatic rings. The van der Waals surface area contributed by atoms with Gasteiger partial charge >= 0.3 is 0 Å². The summed E-state index contributed by atoms with van der Waals surface area (Å²) in [5, 5.41) is 2.69. The van der Waals surface area contributed by atoms with Crippen LogP contribution in [0.4, 0.5) is 0 Å². The average Bonchev–Trinajstić information content (AvgIpc) is 3.13. The van der Waals surface area contributed by atoms with E-state index in [4.69, 9.17) is 0 Å². The molecule has 0 atom stereocenters. The molecular formula is C21H23N3O3. The molecule has 0 aliphatic heterocycles. The average molecular weight is 365 g/mol. The Morgan fingerprint density at radius 3 is 2.48 bits per heavy atom. The highest BCUT2D eigenvalue weighted by Gasteiger charge is 2.14. The van der Waals surface area contributed by atoms with Crippen LogP contribution in [0.3, 0.4) is 0 Å². The Morgan fingerprint density at radius 1 is 0.889 bits per heavy atom. The molecular weight excluding hydrogens is 342 g/mol. The largest absolute Gasteiger partial charge is 0.352 e. The number of amides is 3. The number of hydrogen-bond acceptors (Lipinski definition) is 3. The smallest absolute Gasteiger partial charge is 0.269 e. The topological polar surface area (TPSA) is 87.3 Å². The van der Waals surface area contributed by atoms with Crippen molar-refractivity contribution in [1.29, 1.82) is 0 Å². The standard InChI is InChI=1S/C21H23N3O3/c1-14-4-2-7-17(12-14)20(26)22-11-10-19(25)23-24-21(27)18-9-8-15-5-3-6-16(15)13-18/h2,4,7-9,12-13H,3,5-6,10-11H2,1H3,(H,22,26)(H,23,25)(H,24,27). The molecule has 0 saturated carbocycles. The van der Waals surface area contributed by atoms with Gasteiger partial charge in [-0.2, -0.15) is 0 Å². The van der Waals surface area contributed by atoms with Gasteiger partial charge in [0.25, 0.3) is 11.8 Å². The van der Waals surface area contributed by atoms with Gasteiger partial charge in [0, 0.05) is 24.1 Å². The van der Waals surface area contributed by atoms with Crippen LogP contribution in [0.2, 0.25) is 0 Å². The first kappa shape index (κ1) is 18.6. The molecule has 140 valence electrons. The number of nitrogens with one attached hydrogen (secondary N) is 3. The van der Waals surface area contributed by atoms with Gasteiger partial charge in [0.05, 0.1) is 0 Å². The Balaban J connectivity index is 1.40. The lowest BCUT2D eigenvalue weighted by Crippen LogP contribution is -2.42. The van der Waals surface area contributed by atoms with Crippen LogP contribution in [-0.2, 0) is 17.6 Å². The summed E-state index contributed by atoms with van der Waals surface area (Å²) in [6, 6.07) is 12.9. The zero-order valence-corrected chi connectivity index (χ0v) is 15.3. The number of hydrogen-bond donors (Lipinski definition) is 3. The lowest BCUT2D eigenvalue weighted by Gasteiger charge is -2.09. The number of aryl methyl sites for hydroxylation is 3. The first-order valence-corrected chi connectivity index (χ1v) is 9.09. The van der Waals surface area contributed by atoms with E-state index in [0.717, 1.165) is 24.8 Å². The van der Waals surface area contributed by atoms with Gasteiger partial charge in [-0.3, -0.25) is 25.2 Å². The summed E-state index contributed by atoms with van der Waals surface area (Å²) >= 11 is 0. The molecule has 0 aromatic heterocycles. The monoisotopic (exact) mass is 365 g/mol. The fraction of sp³-hybridized carbons (Fsp3) is 0.286. The van der Waals surface area contributed by atoms with Crippen molar-refractivity contribution in [2.75, 3.05) is 6.54 Å². The van der Waals surface area contributed by atoms with Crippen LogP contribution in [0.25, 0.3) is 0 Å². The third-order valence-electron chi connectivity index (χ3n) is 4.59. The Hall–Kier alpha value is -3.15. The third kappa shape index (κ3) is 4.94. The fourth-order valence-electron chi connectivity index (χ4n) is 3.15. The number of carbonyl (C=O) groups excluding carboxylic acids is 3. The number of hydrazine groups is 1. The van der Waals surface area contributed by atoms with Crippen LogP contribution >= 0.6 is 0 Å². The Kier molecular flexibility index (Phi) is 5.86. The second-order valence-electron chi connectivity index (χ2n) is 6.71. The normalized spacial score (nSPS) is 12.2. The van der Waals surface area contributed by atoms with E-state index in [1.54, 1.807) is 18.2 Å². The molecule has 0 fully saturated rings. The molecule has 2 aromatic carbocycles. The van der Waals surface area contributed by atoms with Gasteiger partial charge in [0.2, 0.25) is 5.91 Å². The zero-order chi connectivity index (χ0) is 19.2. The molecule has 0 spiro atoms. The van der Waals surface area contributed by atoms with E-state index < -0.39 is 0 Å². The van der Waals surface area contributed by atoms with Gasteiger partial charge in [-0.1, -0.05) is 23.8 Å². The highest BCUT2D eigenvalue weighted by atomic mass is 16.2. The van der Waals surface area contributed by atoms with Gasteiger partial charge in [-0.05, 0) is 61.6 Å². The SMILES string of the molecule is Cc1cccc(C(=O)NCCC(=O)NNC(=O)c2ccc3c(c2)CCC3)c1. The molecule has 6 nitrogen and oxygen atoms in total. The number of rotatable bonds is 5.